The highest BCUT2D eigenvalue weighted by atomic mass is 16.5. The lowest BCUT2D eigenvalue weighted by atomic mass is 10.0. The first kappa shape index (κ1) is 19.2. The third kappa shape index (κ3) is 4.08. The van der Waals surface area contributed by atoms with E-state index in [2.05, 4.69) is 61.4 Å². The van der Waals surface area contributed by atoms with E-state index in [1.54, 1.807) is 0 Å². The van der Waals surface area contributed by atoms with E-state index in [4.69, 9.17) is 4.74 Å². The first-order valence-corrected chi connectivity index (χ1v) is 10.8. The maximum atomic E-state index is 5.47. The minimum Gasteiger partial charge on any atom is -0.382 e. The van der Waals surface area contributed by atoms with Crippen molar-refractivity contribution in [2.24, 2.45) is 0 Å². The Bertz CT molecular complexity index is 994. The molecule has 2 aliphatic heterocycles. The molecule has 5 rings (SSSR count). The van der Waals surface area contributed by atoms with Gasteiger partial charge in [0.25, 0.3) is 0 Å². The van der Waals surface area contributed by atoms with Crippen LogP contribution in [0.4, 0.5) is 11.6 Å². The normalized spacial score (nSPS) is 18.6. The summed E-state index contributed by atoms with van der Waals surface area (Å²) in [6, 6.07) is 8.92. The van der Waals surface area contributed by atoms with E-state index in [0.717, 1.165) is 85.9 Å². The summed E-state index contributed by atoms with van der Waals surface area (Å²) in [5.74, 6) is 0.814. The molecule has 1 aromatic carbocycles. The first-order valence-electron chi connectivity index (χ1n) is 10.8. The standard InChI is InChI=1S/C23H28N6O/c1-28-8-10-29(11-9-28)23-25-15-18(16-26-23)17-2-3-20-21(4-7-24-22(20)14-17)27-19-5-12-30-13-6-19/h2-4,7,14-16,19H,5-6,8-13H2,1H3,(H,24,27). The number of nitrogens with one attached hydrogen (secondary N) is 1. The third-order valence-corrected chi connectivity index (χ3v) is 6.08. The van der Waals surface area contributed by atoms with Gasteiger partial charge < -0.3 is 19.9 Å². The highest BCUT2D eigenvalue weighted by Gasteiger charge is 2.17. The number of hydrogen-bond donors (Lipinski definition) is 1. The number of nitrogens with zero attached hydrogens (tertiary/aromatic N) is 5. The molecule has 0 unspecified atom stereocenters. The van der Waals surface area contributed by atoms with Crippen LogP contribution in [0.2, 0.25) is 0 Å². The minimum atomic E-state index is 0.458. The fourth-order valence-corrected chi connectivity index (χ4v) is 4.16. The van der Waals surface area contributed by atoms with Crippen molar-refractivity contribution in [3.63, 3.8) is 0 Å². The minimum absolute atomic E-state index is 0.458. The lowest BCUT2D eigenvalue weighted by Crippen LogP contribution is -2.45. The zero-order chi connectivity index (χ0) is 20.3. The Labute approximate surface area is 177 Å². The number of pyridine rings is 1. The summed E-state index contributed by atoms with van der Waals surface area (Å²) in [5.41, 5.74) is 4.22. The van der Waals surface area contributed by atoms with Gasteiger partial charge in [0.2, 0.25) is 5.95 Å². The average Bonchev–Trinajstić information content (AvgIpc) is 2.80. The van der Waals surface area contributed by atoms with E-state index >= 15 is 0 Å². The quantitative estimate of drug-likeness (QED) is 0.717. The molecule has 0 aliphatic carbocycles. The van der Waals surface area contributed by atoms with Crippen LogP contribution in [0.3, 0.4) is 0 Å². The summed E-state index contributed by atoms with van der Waals surface area (Å²) in [5, 5.41) is 4.82. The molecule has 2 aliphatic rings. The van der Waals surface area contributed by atoms with E-state index < -0.39 is 0 Å². The molecule has 0 saturated carbocycles. The van der Waals surface area contributed by atoms with Gasteiger partial charge in [0.15, 0.2) is 0 Å². The third-order valence-electron chi connectivity index (χ3n) is 6.08. The summed E-state index contributed by atoms with van der Waals surface area (Å²) in [7, 11) is 2.15. The second-order valence-electron chi connectivity index (χ2n) is 8.18. The number of fused-ring (bicyclic) bond motifs is 1. The van der Waals surface area contributed by atoms with E-state index in [0.29, 0.717) is 6.04 Å². The fraction of sp³-hybridized carbons (Fsp3) is 0.435. The zero-order valence-electron chi connectivity index (χ0n) is 17.4. The van der Waals surface area contributed by atoms with Crippen molar-refractivity contribution in [3.8, 4) is 11.1 Å². The molecule has 0 spiro atoms. The highest BCUT2D eigenvalue weighted by Crippen LogP contribution is 2.28. The first-order chi connectivity index (χ1) is 14.8. The van der Waals surface area contributed by atoms with Crippen molar-refractivity contribution < 1.29 is 4.74 Å². The largest absolute Gasteiger partial charge is 0.382 e. The number of piperazine rings is 1. The molecule has 2 aromatic heterocycles. The van der Waals surface area contributed by atoms with Crippen LogP contribution in [0, 0.1) is 0 Å². The Kier molecular flexibility index (Phi) is 5.46. The summed E-state index contributed by atoms with van der Waals surface area (Å²) in [4.78, 5) is 18.4. The molecule has 0 amide bonds. The van der Waals surface area contributed by atoms with Crippen molar-refractivity contribution >= 4 is 22.5 Å². The summed E-state index contributed by atoms with van der Waals surface area (Å²) in [6.45, 7) is 5.69. The van der Waals surface area contributed by atoms with Gasteiger partial charge in [-0.15, -0.1) is 0 Å². The van der Waals surface area contributed by atoms with Gasteiger partial charge in [0.05, 0.1) is 5.52 Å². The van der Waals surface area contributed by atoms with Crippen LogP contribution in [0.15, 0.2) is 42.9 Å². The predicted octanol–water partition coefficient (Wildman–Crippen LogP) is 3.03. The second kappa shape index (κ2) is 8.53. The van der Waals surface area contributed by atoms with Gasteiger partial charge in [0, 0.05) is 80.7 Å². The molecule has 1 N–H and O–H groups in total. The fourth-order valence-electron chi connectivity index (χ4n) is 4.16. The molecule has 0 bridgehead atoms. The van der Waals surface area contributed by atoms with Crippen LogP contribution in [-0.4, -0.2) is 72.3 Å². The van der Waals surface area contributed by atoms with Gasteiger partial charge in [-0.25, -0.2) is 9.97 Å². The zero-order valence-corrected chi connectivity index (χ0v) is 17.4. The number of aromatic nitrogens is 3. The lowest BCUT2D eigenvalue weighted by molar-refractivity contribution is 0.0905. The van der Waals surface area contributed by atoms with E-state index in [-0.39, 0.29) is 0 Å². The van der Waals surface area contributed by atoms with Crippen molar-refractivity contribution in [3.05, 3.63) is 42.9 Å². The maximum absolute atomic E-state index is 5.47. The molecule has 0 radical (unpaired) electrons. The monoisotopic (exact) mass is 404 g/mol. The number of hydrogen-bond acceptors (Lipinski definition) is 7. The Balaban J connectivity index is 1.36. The van der Waals surface area contributed by atoms with Crippen molar-refractivity contribution in [1.82, 2.24) is 19.9 Å². The molecular weight excluding hydrogens is 376 g/mol. The predicted molar refractivity (Wildman–Crippen MR) is 120 cm³/mol. The molecule has 156 valence electrons. The Hall–Kier alpha value is -2.77. The van der Waals surface area contributed by atoms with Crippen LogP contribution in [-0.2, 0) is 4.74 Å². The highest BCUT2D eigenvalue weighted by molar-refractivity contribution is 5.93. The van der Waals surface area contributed by atoms with E-state index in [9.17, 15) is 0 Å². The van der Waals surface area contributed by atoms with Crippen LogP contribution in [0.25, 0.3) is 22.0 Å². The summed E-state index contributed by atoms with van der Waals surface area (Å²) >= 11 is 0. The second-order valence-corrected chi connectivity index (χ2v) is 8.18. The average molecular weight is 405 g/mol. The van der Waals surface area contributed by atoms with Crippen LogP contribution < -0.4 is 10.2 Å². The molecule has 0 atom stereocenters. The molecule has 3 aromatic rings. The number of rotatable bonds is 4. The van der Waals surface area contributed by atoms with Gasteiger partial charge >= 0.3 is 0 Å². The molecule has 2 saturated heterocycles. The topological polar surface area (TPSA) is 66.4 Å². The van der Waals surface area contributed by atoms with Gasteiger partial charge in [-0.1, -0.05) is 12.1 Å². The van der Waals surface area contributed by atoms with E-state index in [1.165, 1.54) is 0 Å². The number of benzene rings is 1. The summed E-state index contributed by atoms with van der Waals surface area (Å²) in [6.07, 6.45) is 7.80. The number of anilines is 2. The lowest BCUT2D eigenvalue weighted by Gasteiger charge is -2.32. The SMILES string of the molecule is CN1CCN(c2ncc(-c3ccc4c(NC5CCOCC5)ccnc4c3)cn2)CC1. The van der Waals surface area contributed by atoms with Gasteiger partial charge in [0.1, 0.15) is 0 Å². The Morgan fingerprint density at radius 2 is 1.70 bits per heavy atom. The Morgan fingerprint density at radius 1 is 0.933 bits per heavy atom. The molecule has 2 fully saturated rings. The summed E-state index contributed by atoms with van der Waals surface area (Å²) < 4.78 is 5.47. The van der Waals surface area contributed by atoms with Gasteiger partial charge in [-0.2, -0.15) is 0 Å². The number of likely N-dealkylation sites (N-methyl/N-ethyl adjacent to an activating group) is 1. The van der Waals surface area contributed by atoms with Crippen LogP contribution >= 0.6 is 0 Å². The van der Waals surface area contributed by atoms with E-state index in [1.807, 2.05) is 18.6 Å². The molecular formula is C23H28N6O. The molecule has 4 heterocycles. The van der Waals surface area contributed by atoms with Crippen molar-refractivity contribution in [2.45, 2.75) is 18.9 Å². The number of ether oxygens (including phenoxy) is 1. The Morgan fingerprint density at radius 3 is 2.47 bits per heavy atom. The maximum Gasteiger partial charge on any atom is 0.225 e. The molecule has 30 heavy (non-hydrogen) atoms. The van der Waals surface area contributed by atoms with Gasteiger partial charge in [-0.05, 0) is 37.6 Å². The van der Waals surface area contributed by atoms with Crippen molar-refractivity contribution in [2.75, 3.05) is 56.7 Å². The van der Waals surface area contributed by atoms with Crippen LogP contribution in [0.1, 0.15) is 12.8 Å². The van der Waals surface area contributed by atoms with Crippen LogP contribution in [0.5, 0.6) is 0 Å². The smallest absolute Gasteiger partial charge is 0.225 e. The van der Waals surface area contributed by atoms with Crippen molar-refractivity contribution in [1.29, 1.82) is 0 Å². The molecule has 7 nitrogen and oxygen atoms in total. The molecule has 7 heteroatoms. The van der Waals surface area contributed by atoms with Gasteiger partial charge in [-0.3, -0.25) is 4.98 Å².